The lowest BCUT2D eigenvalue weighted by molar-refractivity contribution is 0.0471. The summed E-state index contributed by atoms with van der Waals surface area (Å²) in [6.45, 7) is 7.87. The number of benzene rings is 1. The Morgan fingerprint density at radius 1 is 1.04 bits per heavy atom. The van der Waals surface area contributed by atoms with Gasteiger partial charge in [0.2, 0.25) is 0 Å². The van der Waals surface area contributed by atoms with Crippen molar-refractivity contribution in [3.8, 4) is 0 Å². The van der Waals surface area contributed by atoms with E-state index in [4.69, 9.17) is 4.74 Å². The van der Waals surface area contributed by atoms with E-state index in [0.29, 0.717) is 5.92 Å². The van der Waals surface area contributed by atoms with Crippen LogP contribution in [0.5, 0.6) is 0 Å². The van der Waals surface area contributed by atoms with Crippen molar-refractivity contribution in [2.45, 2.75) is 39.0 Å². The molecule has 4 heteroatoms. The van der Waals surface area contributed by atoms with Crippen LogP contribution in [0.2, 0.25) is 0 Å². The summed E-state index contributed by atoms with van der Waals surface area (Å²) in [4.78, 5) is 17.8. The number of likely N-dealkylation sites (tertiary alicyclic amines) is 1. The number of hydrogen-bond donors (Lipinski definition) is 0. The molecule has 1 unspecified atom stereocenters. The molecular weight excluding hydrogens is 312 g/mol. The first-order valence-corrected chi connectivity index (χ1v) is 9.95. The van der Waals surface area contributed by atoms with Gasteiger partial charge in [-0.05, 0) is 63.0 Å². The van der Waals surface area contributed by atoms with E-state index in [0.717, 1.165) is 75.8 Å². The summed E-state index contributed by atoms with van der Waals surface area (Å²) >= 11 is 0. The zero-order valence-electron chi connectivity index (χ0n) is 15.4. The maximum atomic E-state index is 13.3. The van der Waals surface area contributed by atoms with Crippen molar-refractivity contribution in [1.82, 2.24) is 4.90 Å². The lowest BCUT2D eigenvalue weighted by atomic mass is 9.85. The summed E-state index contributed by atoms with van der Waals surface area (Å²) in [5, 5.41) is 0. The molecule has 4 nitrogen and oxygen atoms in total. The molecule has 0 aliphatic carbocycles. The number of ether oxygens (including phenoxy) is 1. The van der Waals surface area contributed by atoms with Gasteiger partial charge in [-0.15, -0.1) is 0 Å². The summed E-state index contributed by atoms with van der Waals surface area (Å²) < 4.78 is 5.50. The highest BCUT2D eigenvalue weighted by molar-refractivity contribution is 6.00. The SMILES string of the molecule is Cc1ccc(N2CCCC2)c(C(=O)N2CCC(C3CCOCC3)C2)c1. The van der Waals surface area contributed by atoms with Crippen molar-refractivity contribution >= 4 is 11.6 Å². The predicted octanol–water partition coefficient (Wildman–Crippen LogP) is 3.48. The van der Waals surface area contributed by atoms with Crippen molar-refractivity contribution in [2.75, 3.05) is 44.3 Å². The van der Waals surface area contributed by atoms with E-state index in [1.54, 1.807) is 0 Å². The van der Waals surface area contributed by atoms with Crippen LogP contribution >= 0.6 is 0 Å². The van der Waals surface area contributed by atoms with E-state index < -0.39 is 0 Å². The Kier molecular flexibility index (Phi) is 4.98. The van der Waals surface area contributed by atoms with Gasteiger partial charge in [0.15, 0.2) is 0 Å². The summed E-state index contributed by atoms with van der Waals surface area (Å²) in [5.74, 6) is 1.63. The third-order valence-electron chi connectivity index (χ3n) is 6.27. The summed E-state index contributed by atoms with van der Waals surface area (Å²) in [6.07, 6.45) is 5.95. The molecule has 1 aromatic carbocycles. The van der Waals surface area contributed by atoms with E-state index in [2.05, 4.69) is 34.9 Å². The van der Waals surface area contributed by atoms with Gasteiger partial charge >= 0.3 is 0 Å². The lowest BCUT2D eigenvalue weighted by Gasteiger charge is -2.28. The molecule has 0 radical (unpaired) electrons. The quantitative estimate of drug-likeness (QED) is 0.843. The molecule has 0 aromatic heterocycles. The van der Waals surface area contributed by atoms with Crippen molar-refractivity contribution < 1.29 is 9.53 Å². The normalized spacial score (nSPS) is 24.9. The molecule has 3 aliphatic rings. The second-order valence-corrected chi connectivity index (χ2v) is 7.96. The summed E-state index contributed by atoms with van der Waals surface area (Å²) in [7, 11) is 0. The molecule has 3 heterocycles. The van der Waals surface area contributed by atoms with E-state index in [1.807, 2.05) is 0 Å². The standard InChI is InChI=1S/C21H30N2O2/c1-16-4-5-20(22-9-2-3-10-22)19(14-16)21(24)23-11-6-18(15-23)17-7-12-25-13-8-17/h4-5,14,17-18H,2-3,6-13,15H2,1H3. The number of anilines is 1. The Hall–Kier alpha value is -1.55. The van der Waals surface area contributed by atoms with Gasteiger partial charge in [0.1, 0.15) is 0 Å². The minimum Gasteiger partial charge on any atom is -0.381 e. The molecule has 4 rings (SSSR count). The van der Waals surface area contributed by atoms with Crippen LogP contribution in [-0.4, -0.2) is 50.2 Å². The van der Waals surface area contributed by atoms with Crippen LogP contribution in [0.25, 0.3) is 0 Å². The van der Waals surface area contributed by atoms with E-state index in [1.165, 1.54) is 18.4 Å². The average molecular weight is 342 g/mol. The Morgan fingerprint density at radius 2 is 1.80 bits per heavy atom. The second kappa shape index (κ2) is 7.36. The Bertz CT molecular complexity index is 618. The molecule has 136 valence electrons. The van der Waals surface area contributed by atoms with Gasteiger partial charge in [-0.25, -0.2) is 0 Å². The molecule has 0 N–H and O–H groups in total. The molecule has 0 bridgehead atoms. The second-order valence-electron chi connectivity index (χ2n) is 7.96. The zero-order valence-corrected chi connectivity index (χ0v) is 15.4. The first kappa shape index (κ1) is 16.9. The summed E-state index contributed by atoms with van der Waals surface area (Å²) in [5.41, 5.74) is 3.23. The van der Waals surface area contributed by atoms with Gasteiger partial charge in [0.05, 0.1) is 5.56 Å². The van der Waals surface area contributed by atoms with Crippen LogP contribution in [-0.2, 0) is 4.74 Å². The van der Waals surface area contributed by atoms with Crippen LogP contribution in [0.1, 0.15) is 48.0 Å². The van der Waals surface area contributed by atoms with Gasteiger partial charge in [-0.1, -0.05) is 11.6 Å². The molecule has 1 amide bonds. The van der Waals surface area contributed by atoms with E-state index in [-0.39, 0.29) is 5.91 Å². The summed E-state index contributed by atoms with van der Waals surface area (Å²) in [6, 6.07) is 6.39. The highest BCUT2D eigenvalue weighted by Crippen LogP contribution is 2.33. The number of carbonyl (C=O) groups excluding carboxylic acids is 1. The van der Waals surface area contributed by atoms with Gasteiger partial charge in [-0.3, -0.25) is 4.79 Å². The number of amides is 1. The molecule has 3 fully saturated rings. The number of nitrogens with zero attached hydrogens (tertiary/aromatic N) is 2. The number of hydrogen-bond acceptors (Lipinski definition) is 3. The third kappa shape index (κ3) is 3.55. The minimum absolute atomic E-state index is 0.236. The predicted molar refractivity (Wildman–Crippen MR) is 100 cm³/mol. The monoisotopic (exact) mass is 342 g/mol. The van der Waals surface area contributed by atoms with Gasteiger partial charge in [-0.2, -0.15) is 0 Å². The van der Waals surface area contributed by atoms with Crippen molar-refractivity contribution in [2.24, 2.45) is 11.8 Å². The number of rotatable bonds is 3. The largest absolute Gasteiger partial charge is 0.381 e. The number of carbonyl (C=O) groups is 1. The molecule has 3 saturated heterocycles. The maximum Gasteiger partial charge on any atom is 0.255 e. The molecule has 1 atom stereocenters. The minimum atomic E-state index is 0.236. The molecule has 0 spiro atoms. The first-order chi connectivity index (χ1) is 12.2. The Balaban J connectivity index is 1.50. The van der Waals surface area contributed by atoms with Crippen LogP contribution < -0.4 is 4.90 Å². The Morgan fingerprint density at radius 3 is 2.56 bits per heavy atom. The highest BCUT2D eigenvalue weighted by atomic mass is 16.5. The van der Waals surface area contributed by atoms with Gasteiger partial charge in [0.25, 0.3) is 5.91 Å². The van der Waals surface area contributed by atoms with Gasteiger partial charge < -0.3 is 14.5 Å². The van der Waals surface area contributed by atoms with Crippen molar-refractivity contribution in [3.63, 3.8) is 0 Å². The fourth-order valence-corrected chi connectivity index (χ4v) is 4.77. The molecule has 0 saturated carbocycles. The fourth-order valence-electron chi connectivity index (χ4n) is 4.77. The van der Waals surface area contributed by atoms with E-state index >= 15 is 0 Å². The lowest BCUT2D eigenvalue weighted by Crippen LogP contribution is -2.32. The van der Waals surface area contributed by atoms with Crippen LogP contribution in [0.4, 0.5) is 5.69 Å². The van der Waals surface area contributed by atoms with Crippen molar-refractivity contribution in [1.29, 1.82) is 0 Å². The highest BCUT2D eigenvalue weighted by Gasteiger charge is 2.34. The van der Waals surface area contributed by atoms with Gasteiger partial charge in [0, 0.05) is 45.1 Å². The van der Waals surface area contributed by atoms with Crippen LogP contribution in [0, 0.1) is 18.8 Å². The van der Waals surface area contributed by atoms with E-state index in [9.17, 15) is 4.79 Å². The zero-order chi connectivity index (χ0) is 17.2. The third-order valence-corrected chi connectivity index (χ3v) is 6.27. The fraction of sp³-hybridized carbons (Fsp3) is 0.667. The number of aryl methyl sites for hydroxylation is 1. The van der Waals surface area contributed by atoms with Crippen LogP contribution in [0.15, 0.2) is 18.2 Å². The van der Waals surface area contributed by atoms with Crippen molar-refractivity contribution in [3.05, 3.63) is 29.3 Å². The smallest absolute Gasteiger partial charge is 0.255 e. The molecule has 3 aliphatic heterocycles. The Labute approximate surface area is 151 Å². The van der Waals surface area contributed by atoms with Crippen LogP contribution in [0.3, 0.4) is 0 Å². The molecule has 25 heavy (non-hydrogen) atoms. The topological polar surface area (TPSA) is 32.8 Å². The average Bonchev–Trinajstić information content (AvgIpc) is 3.34. The molecular formula is C21H30N2O2. The molecule has 1 aromatic rings. The first-order valence-electron chi connectivity index (χ1n) is 9.95. The maximum absolute atomic E-state index is 13.3.